The van der Waals surface area contributed by atoms with Gasteiger partial charge < -0.3 is 9.55 Å². The van der Waals surface area contributed by atoms with Gasteiger partial charge in [-0.05, 0) is 37.4 Å². The molecule has 4 aromatic rings. The molecular weight excluding hydrogens is 350 g/mol. The summed E-state index contributed by atoms with van der Waals surface area (Å²) in [5.41, 5.74) is 2.55. The largest absolute Gasteiger partial charge is 0.330 e. The van der Waals surface area contributed by atoms with E-state index >= 15 is 0 Å². The highest BCUT2D eigenvalue weighted by atomic mass is 35.5. The van der Waals surface area contributed by atoms with Crippen molar-refractivity contribution < 1.29 is 0 Å². The van der Waals surface area contributed by atoms with E-state index in [1.807, 2.05) is 32.3 Å². The fourth-order valence-electron chi connectivity index (χ4n) is 3.12. The molecule has 0 spiro atoms. The van der Waals surface area contributed by atoms with Gasteiger partial charge in [-0.15, -0.1) is 0 Å². The zero-order valence-corrected chi connectivity index (χ0v) is 15.3. The number of rotatable bonds is 4. The van der Waals surface area contributed by atoms with Gasteiger partial charge in [-0.1, -0.05) is 23.7 Å². The number of nitrogens with zero attached hydrogens (tertiary/aromatic N) is 4. The normalized spacial score (nSPS) is 11.7. The third-order valence-corrected chi connectivity index (χ3v) is 4.66. The van der Waals surface area contributed by atoms with Crippen molar-refractivity contribution in [3.05, 3.63) is 69.5 Å². The molecule has 132 valence electrons. The van der Waals surface area contributed by atoms with Crippen LogP contribution in [0.5, 0.6) is 0 Å². The van der Waals surface area contributed by atoms with Crippen molar-refractivity contribution in [3.8, 4) is 0 Å². The Balaban J connectivity index is 1.58. The Bertz CT molecular complexity index is 1160. The number of aromatic amines is 1. The molecule has 0 saturated carbocycles. The minimum Gasteiger partial charge on any atom is -0.330 e. The number of aromatic nitrogens is 4. The maximum atomic E-state index is 12.3. The number of hydrogen-bond donors (Lipinski definition) is 1. The van der Waals surface area contributed by atoms with Crippen LogP contribution in [0.1, 0.15) is 11.6 Å². The van der Waals surface area contributed by atoms with Crippen molar-refractivity contribution in [2.75, 3.05) is 7.05 Å². The quantitative estimate of drug-likeness (QED) is 0.602. The second-order valence-electron chi connectivity index (χ2n) is 6.42. The number of benzene rings is 2. The van der Waals surface area contributed by atoms with Gasteiger partial charge in [0.05, 0.1) is 35.0 Å². The van der Waals surface area contributed by atoms with E-state index in [4.69, 9.17) is 11.6 Å². The molecule has 0 aliphatic heterocycles. The third kappa shape index (κ3) is 3.09. The number of aryl methyl sites for hydroxylation is 1. The van der Waals surface area contributed by atoms with Crippen LogP contribution < -0.4 is 5.56 Å². The molecule has 0 bridgehead atoms. The molecule has 6 nitrogen and oxygen atoms in total. The van der Waals surface area contributed by atoms with Crippen LogP contribution in [0.2, 0.25) is 5.02 Å². The molecule has 2 heterocycles. The van der Waals surface area contributed by atoms with Crippen LogP contribution in [0.15, 0.2) is 47.3 Å². The number of hydrogen-bond acceptors (Lipinski definition) is 4. The monoisotopic (exact) mass is 367 g/mol. The molecule has 0 atom stereocenters. The van der Waals surface area contributed by atoms with E-state index < -0.39 is 0 Å². The SMILES string of the molecule is CN(Cc1nc2ccc(Cl)cc2c(=O)[nH]1)Cc1nc2ccccc2n1C. The Labute approximate surface area is 155 Å². The van der Waals surface area contributed by atoms with E-state index in [1.54, 1.807) is 18.2 Å². The summed E-state index contributed by atoms with van der Waals surface area (Å²) in [6, 6.07) is 13.2. The molecule has 0 fully saturated rings. The number of fused-ring (bicyclic) bond motifs is 2. The Kier molecular flexibility index (Phi) is 4.22. The molecule has 0 aliphatic carbocycles. The van der Waals surface area contributed by atoms with Gasteiger partial charge in [-0.2, -0.15) is 0 Å². The minimum atomic E-state index is -0.177. The summed E-state index contributed by atoms with van der Waals surface area (Å²) in [5.74, 6) is 1.58. The summed E-state index contributed by atoms with van der Waals surface area (Å²) in [5, 5.41) is 1.02. The van der Waals surface area contributed by atoms with Crippen molar-refractivity contribution in [2.24, 2.45) is 7.05 Å². The maximum absolute atomic E-state index is 12.3. The summed E-state index contributed by atoms with van der Waals surface area (Å²) in [6.45, 7) is 1.16. The predicted molar refractivity (Wildman–Crippen MR) is 103 cm³/mol. The lowest BCUT2D eigenvalue weighted by atomic mass is 10.2. The average Bonchev–Trinajstić information content (AvgIpc) is 2.92. The van der Waals surface area contributed by atoms with Crippen molar-refractivity contribution >= 4 is 33.5 Å². The van der Waals surface area contributed by atoms with Gasteiger partial charge in [0.15, 0.2) is 0 Å². The first-order valence-electron chi connectivity index (χ1n) is 8.28. The Morgan fingerprint density at radius 3 is 2.73 bits per heavy atom. The topological polar surface area (TPSA) is 66.8 Å². The van der Waals surface area contributed by atoms with E-state index in [-0.39, 0.29) is 5.56 Å². The highest BCUT2D eigenvalue weighted by molar-refractivity contribution is 6.31. The first kappa shape index (κ1) is 16.8. The van der Waals surface area contributed by atoms with E-state index in [2.05, 4.69) is 30.5 Å². The smallest absolute Gasteiger partial charge is 0.258 e. The summed E-state index contributed by atoms with van der Waals surface area (Å²) in [7, 11) is 3.99. The average molecular weight is 368 g/mol. The second kappa shape index (κ2) is 6.55. The summed E-state index contributed by atoms with van der Waals surface area (Å²) >= 11 is 5.96. The minimum absolute atomic E-state index is 0.177. The van der Waals surface area contributed by atoms with Gasteiger partial charge in [0.1, 0.15) is 11.6 Å². The van der Waals surface area contributed by atoms with Gasteiger partial charge in [0, 0.05) is 12.1 Å². The van der Waals surface area contributed by atoms with Crippen molar-refractivity contribution in [1.29, 1.82) is 0 Å². The predicted octanol–water partition coefficient (Wildman–Crippen LogP) is 3.10. The number of nitrogens with one attached hydrogen (secondary N) is 1. The van der Waals surface area contributed by atoms with E-state index in [0.717, 1.165) is 16.9 Å². The van der Waals surface area contributed by atoms with Crippen LogP contribution >= 0.6 is 11.6 Å². The zero-order valence-electron chi connectivity index (χ0n) is 14.5. The highest BCUT2D eigenvalue weighted by Crippen LogP contribution is 2.17. The van der Waals surface area contributed by atoms with Gasteiger partial charge in [-0.25, -0.2) is 9.97 Å². The van der Waals surface area contributed by atoms with Crippen LogP contribution in [0.25, 0.3) is 21.9 Å². The lowest BCUT2D eigenvalue weighted by Gasteiger charge is -2.16. The summed E-state index contributed by atoms with van der Waals surface area (Å²) in [6.07, 6.45) is 0. The fourth-order valence-corrected chi connectivity index (χ4v) is 3.30. The molecule has 4 rings (SSSR count). The van der Waals surface area contributed by atoms with Crippen LogP contribution in [0.4, 0.5) is 0 Å². The third-order valence-electron chi connectivity index (χ3n) is 4.43. The Morgan fingerprint density at radius 1 is 1.12 bits per heavy atom. The lowest BCUT2D eigenvalue weighted by molar-refractivity contribution is 0.300. The lowest BCUT2D eigenvalue weighted by Crippen LogP contribution is -2.23. The van der Waals surface area contributed by atoms with Crippen molar-refractivity contribution in [1.82, 2.24) is 24.4 Å². The van der Waals surface area contributed by atoms with E-state index in [1.165, 1.54) is 0 Å². The molecular formula is C19H18ClN5O. The molecule has 0 amide bonds. The first-order valence-corrected chi connectivity index (χ1v) is 8.66. The molecule has 2 aromatic carbocycles. The van der Waals surface area contributed by atoms with Crippen molar-refractivity contribution in [3.63, 3.8) is 0 Å². The van der Waals surface area contributed by atoms with Crippen LogP contribution in [0.3, 0.4) is 0 Å². The number of H-pyrrole nitrogens is 1. The Morgan fingerprint density at radius 2 is 1.92 bits per heavy atom. The number of para-hydroxylation sites is 2. The molecule has 0 unspecified atom stereocenters. The highest BCUT2D eigenvalue weighted by Gasteiger charge is 2.12. The van der Waals surface area contributed by atoms with Crippen LogP contribution in [-0.2, 0) is 20.1 Å². The molecule has 1 N–H and O–H groups in total. The summed E-state index contributed by atoms with van der Waals surface area (Å²) < 4.78 is 2.09. The molecule has 0 radical (unpaired) electrons. The molecule has 26 heavy (non-hydrogen) atoms. The van der Waals surface area contributed by atoms with E-state index in [0.29, 0.717) is 34.8 Å². The van der Waals surface area contributed by atoms with Gasteiger partial charge in [0.2, 0.25) is 0 Å². The molecule has 0 saturated heterocycles. The van der Waals surface area contributed by atoms with Gasteiger partial charge >= 0.3 is 0 Å². The van der Waals surface area contributed by atoms with Crippen molar-refractivity contribution in [2.45, 2.75) is 13.1 Å². The Hall–Kier alpha value is -2.70. The second-order valence-corrected chi connectivity index (χ2v) is 6.86. The number of halogens is 1. The van der Waals surface area contributed by atoms with Crippen LogP contribution in [0, 0.1) is 0 Å². The standard InChI is InChI=1S/C19H18ClN5O/c1-24(11-18-22-15-5-3-4-6-16(15)25(18)2)10-17-21-14-8-7-12(20)9-13(14)19(26)23-17/h3-9H,10-11H2,1-2H3,(H,21,23,26). The maximum Gasteiger partial charge on any atom is 0.258 e. The van der Waals surface area contributed by atoms with Gasteiger partial charge in [-0.3, -0.25) is 9.69 Å². The zero-order chi connectivity index (χ0) is 18.3. The van der Waals surface area contributed by atoms with Gasteiger partial charge in [0.25, 0.3) is 5.56 Å². The van der Waals surface area contributed by atoms with E-state index in [9.17, 15) is 4.79 Å². The van der Waals surface area contributed by atoms with Crippen LogP contribution in [-0.4, -0.2) is 31.5 Å². The molecule has 0 aliphatic rings. The molecule has 2 aromatic heterocycles. The summed E-state index contributed by atoms with van der Waals surface area (Å²) in [4.78, 5) is 26.4. The fraction of sp³-hybridized carbons (Fsp3) is 0.211. The first-order chi connectivity index (χ1) is 12.5. The number of imidazole rings is 1. The molecule has 7 heteroatoms.